The highest BCUT2D eigenvalue weighted by molar-refractivity contribution is 5.93. The van der Waals surface area contributed by atoms with Crippen molar-refractivity contribution in [2.45, 2.75) is 45.6 Å². The van der Waals surface area contributed by atoms with Gasteiger partial charge < -0.3 is 15.1 Å². The second-order valence-electron chi connectivity index (χ2n) is 11.7. The quantitative estimate of drug-likeness (QED) is 0.435. The van der Waals surface area contributed by atoms with E-state index in [1.54, 1.807) is 6.20 Å². The summed E-state index contributed by atoms with van der Waals surface area (Å²) in [5.41, 5.74) is 4.87. The normalized spacial score (nSPS) is 19.7. The molecule has 1 aliphatic carbocycles. The van der Waals surface area contributed by atoms with Gasteiger partial charge in [-0.15, -0.1) is 5.10 Å². The molecule has 1 spiro atoms. The monoisotopic (exact) mass is 498 g/mol. The Morgan fingerprint density at radius 2 is 1.92 bits per heavy atom. The third-order valence-electron chi connectivity index (χ3n) is 8.28. The summed E-state index contributed by atoms with van der Waals surface area (Å²) in [6, 6.07) is 6.52. The number of fused-ring (bicyclic) bond motifs is 2. The maximum absolute atomic E-state index is 13.0. The number of rotatable bonds is 6. The molecule has 1 amide bonds. The minimum absolute atomic E-state index is 0.0512. The number of pyridine rings is 1. The van der Waals surface area contributed by atoms with E-state index in [0.717, 1.165) is 54.1 Å². The average molecular weight is 499 g/mol. The van der Waals surface area contributed by atoms with Crippen molar-refractivity contribution in [1.82, 2.24) is 33.8 Å². The molecular formula is C28H34N8O. The highest BCUT2D eigenvalue weighted by Gasteiger charge is 2.52. The van der Waals surface area contributed by atoms with Crippen LogP contribution in [0.3, 0.4) is 0 Å². The van der Waals surface area contributed by atoms with Gasteiger partial charge in [-0.2, -0.15) is 0 Å². The zero-order valence-corrected chi connectivity index (χ0v) is 21.6. The van der Waals surface area contributed by atoms with Crippen LogP contribution in [0.4, 0.5) is 5.95 Å². The van der Waals surface area contributed by atoms with Crippen LogP contribution < -0.4 is 5.32 Å². The van der Waals surface area contributed by atoms with E-state index in [1.807, 2.05) is 44.5 Å². The van der Waals surface area contributed by atoms with Gasteiger partial charge in [0.2, 0.25) is 5.95 Å². The molecule has 7 rings (SSSR count). The Labute approximate surface area is 216 Å². The van der Waals surface area contributed by atoms with Crippen LogP contribution in [0, 0.1) is 11.3 Å². The van der Waals surface area contributed by atoms with Crippen molar-refractivity contribution in [2.75, 3.05) is 38.0 Å². The smallest absolute Gasteiger partial charge is 0.272 e. The number of imidazole rings is 1. The van der Waals surface area contributed by atoms with E-state index < -0.39 is 0 Å². The van der Waals surface area contributed by atoms with E-state index in [1.165, 1.54) is 32.5 Å². The van der Waals surface area contributed by atoms with Crippen LogP contribution in [0.2, 0.25) is 0 Å². The molecule has 0 bridgehead atoms. The Morgan fingerprint density at radius 1 is 1.11 bits per heavy atom. The van der Waals surface area contributed by atoms with E-state index in [0.29, 0.717) is 23.1 Å². The van der Waals surface area contributed by atoms with Gasteiger partial charge in [0.25, 0.3) is 5.91 Å². The van der Waals surface area contributed by atoms with Crippen LogP contribution in [0.15, 0.2) is 43.0 Å². The van der Waals surface area contributed by atoms with Crippen LogP contribution in [-0.2, 0) is 0 Å². The third kappa shape index (κ3) is 3.96. The van der Waals surface area contributed by atoms with E-state index in [4.69, 9.17) is 5.10 Å². The molecule has 0 unspecified atom stereocenters. The van der Waals surface area contributed by atoms with Gasteiger partial charge in [-0.25, -0.2) is 14.5 Å². The first-order valence-corrected chi connectivity index (χ1v) is 13.6. The molecule has 1 N–H and O–H groups in total. The fourth-order valence-electron chi connectivity index (χ4n) is 6.67. The second-order valence-corrected chi connectivity index (χ2v) is 11.7. The lowest BCUT2D eigenvalue weighted by Gasteiger charge is -2.59. The van der Waals surface area contributed by atoms with Gasteiger partial charge in [-0.05, 0) is 55.2 Å². The van der Waals surface area contributed by atoms with E-state index in [-0.39, 0.29) is 5.91 Å². The average Bonchev–Trinajstić information content (AvgIpc) is 3.59. The number of likely N-dealkylation sites (tertiary alicyclic amines) is 2. The fraction of sp³-hybridized carbons (Fsp3) is 0.500. The fourth-order valence-corrected chi connectivity index (χ4v) is 6.67. The highest BCUT2D eigenvalue weighted by atomic mass is 16.2. The molecule has 4 aromatic rings. The summed E-state index contributed by atoms with van der Waals surface area (Å²) >= 11 is 0. The van der Waals surface area contributed by atoms with Crippen molar-refractivity contribution >= 4 is 23.0 Å². The number of hydrogen-bond acceptors (Lipinski definition) is 6. The molecule has 2 aliphatic heterocycles. The third-order valence-corrected chi connectivity index (χ3v) is 8.28. The summed E-state index contributed by atoms with van der Waals surface area (Å²) in [6.45, 7) is 9.90. The van der Waals surface area contributed by atoms with Crippen LogP contribution in [0.1, 0.15) is 50.0 Å². The van der Waals surface area contributed by atoms with Gasteiger partial charge in [-0.3, -0.25) is 9.20 Å². The Morgan fingerprint density at radius 3 is 2.70 bits per heavy atom. The summed E-state index contributed by atoms with van der Waals surface area (Å²) in [6.07, 6.45) is 12.1. The second kappa shape index (κ2) is 8.55. The lowest BCUT2D eigenvalue weighted by atomic mass is 9.60. The van der Waals surface area contributed by atoms with Crippen LogP contribution in [-0.4, -0.2) is 78.5 Å². The maximum atomic E-state index is 13.0. The van der Waals surface area contributed by atoms with E-state index in [9.17, 15) is 4.79 Å². The number of carbonyl (C=O) groups is 1. The van der Waals surface area contributed by atoms with Crippen molar-refractivity contribution in [3.05, 3.63) is 48.7 Å². The number of carbonyl (C=O) groups excluding carboxylic acids is 1. The molecule has 37 heavy (non-hydrogen) atoms. The Balaban J connectivity index is 1.07. The summed E-state index contributed by atoms with van der Waals surface area (Å²) in [5, 5.41) is 8.29. The molecule has 3 fully saturated rings. The molecule has 0 atom stereocenters. The molecule has 4 aromatic heterocycles. The molecule has 9 heteroatoms. The minimum atomic E-state index is 0.0512. The number of hydrogen-bond donors (Lipinski definition) is 1. The summed E-state index contributed by atoms with van der Waals surface area (Å²) in [5.74, 6) is 1.46. The van der Waals surface area contributed by atoms with Gasteiger partial charge in [0.05, 0.1) is 17.9 Å². The van der Waals surface area contributed by atoms with Gasteiger partial charge in [-0.1, -0.05) is 13.8 Å². The largest absolute Gasteiger partial charge is 0.350 e. The summed E-state index contributed by atoms with van der Waals surface area (Å²) < 4.78 is 3.80. The number of nitrogens with one attached hydrogen (secondary N) is 1. The summed E-state index contributed by atoms with van der Waals surface area (Å²) in [7, 11) is 0. The van der Waals surface area contributed by atoms with Crippen molar-refractivity contribution in [3.8, 4) is 11.1 Å². The first-order valence-electron chi connectivity index (χ1n) is 13.6. The van der Waals surface area contributed by atoms with Gasteiger partial charge in [0.15, 0.2) is 0 Å². The molecule has 3 aliphatic rings. The Hall–Kier alpha value is -3.46. The van der Waals surface area contributed by atoms with Crippen LogP contribution in [0.25, 0.3) is 22.3 Å². The van der Waals surface area contributed by atoms with Gasteiger partial charge in [0, 0.05) is 62.3 Å². The molecular weight excluding hydrogens is 464 g/mol. The first kappa shape index (κ1) is 22.7. The SMILES string of the molecule is CC(C)CN1CC2(CC(Nc3ncc4c(-c5ccc6ncc(C(=O)N7CCCC7)n6c5)ccn4n3)C2)C1. The first-order chi connectivity index (χ1) is 18.0. The Bertz CT molecular complexity index is 1470. The topological polar surface area (TPSA) is 83.1 Å². The standard InChI is InChI=1S/C28H34N8O/c1-19(2)15-33-17-28(18-33)11-21(12-28)31-27-30-13-23-22(7-10-36(23)32-27)20-5-6-25-29-14-24(35(25)16-20)26(37)34-8-3-4-9-34/h5-7,10,13-14,16,19,21H,3-4,8-9,11-12,15,17-18H2,1-2H3,(H,31,32). The predicted octanol–water partition coefficient (Wildman–Crippen LogP) is 3.81. The van der Waals surface area contributed by atoms with Crippen molar-refractivity contribution in [3.63, 3.8) is 0 Å². The van der Waals surface area contributed by atoms with E-state index >= 15 is 0 Å². The van der Waals surface area contributed by atoms with Gasteiger partial charge >= 0.3 is 0 Å². The molecule has 6 heterocycles. The summed E-state index contributed by atoms with van der Waals surface area (Å²) in [4.78, 5) is 26.7. The maximum Gasteiger partial charge on any atom is 0.272 e. The number of nitrogens with zero attached hydrogens (tertiary/aromatic N) is 7. The zero-order valence-electron chi connectivity index (χ0n) is 21.6. The van der Waals surface area contributed by atoms with Crippen molar-refractivity contribution in [2.24, 2.45) is 11.3 Å². The number of anilines is 1. The molecule has 9 nitrogen and oxygen atoms in total. The Kier molecular flexibility index (Phi) is 5.25. The number of amides is 1. The molecule has 1 saturated carbocycles. The lowest BCUT2D eigenvalue weighted by molar-refractivity contribution is -0.0711. The molecule has 2 saturated heterocycles. The van der Waals surface area contributed by atoms with Crippen LogP contribution in [0.5, 0.6) is 0 Å². The molecule has 0 radical (unpaired) electrons. The van der Waals surface area contributed by atoms with E-state index in [2.05, 4.69) is 40.1 Å². The molecule has 0 aromatic carbocycles. The minimum Gasteiger partial charge on any atom is -0.350 e. The van der Waals surface area contributed by atoms with Crippen molar-refractivity contribution < 1.29 is 4.79 Å². The predicted molar refractivity (Wildman–Crippen MR) is 143 cm³/mol. The van der Waals surface area contributed by atoms with Gasteiger partial charge in [0.1, 0.15) is 11.3 Å². The lowest BCUT2D eigenvalue weighted by Crippen LogP contribution is -2.65. The number of aromatic nitrogens is 5. The molecule has 192 valence electrons. The highest BCUT2D eigenvalue weighted by Crippen LogP contribution is 2.49. The van der Waals surface area contributed by atoms with Crippen molar-refractivity contribution in [1.29, 1.82) is 0 Å². The van der Waals surface area contributed by atoms with Crippen LogP contribution >= 0.6 is 0 Å². The zero-order chi connectivity index (χ0) is 25.1.